The minimum atomic E-state index is -0.193. The molecular weight excluding hydrogens is 344 g/mol. The Hall–Kier alpha value is -2.40. The predicted octanol–water partition coefficient (Wildman–Crippen LogP) is 3.23. The second-order valence-corrected chi connectivity index (χ2v) is 7.66. The van der Waals surface area contributed by atoms with E-state index in [4.69, 9.17) is 0 Å². The van der Waals surface area contributed by atoms with Crippen molar-refractivity contribution in [3.05, 3.63) is 70.9 Å². The van der Waals surface area contributed by atoms with Crippen LogP contribution in [0.25, 0.3) is 0 Å². The van der Waals surface area contributed by atoms with Gasteiger partial charge in [-0.05, 0) is 23.4 Å². The van der Waals surface area contributed by atoms with Gasteiger partial charge in [0.2, 0.25) is 11.8 Å². The van der Waals surface area contributed by atoms with Gasteiger partial charge in [-0.1, -0.05) is 42.5 Å². The molecule has 5 heteroatoms. The van der Waals surface area contributed by atoms with E-state index in [1.165, 1.54) is 5.56 Å². The first kappa shape index (κ1) is 18.4. The molecule has 0 saturated carbocycles. The topological polar surface area (TPSA) is 49.4 Å². The Morgan fingerprint density at radius 2 is 2.00 bits per heavy atom. The third-order valence-corrected chi connectivity index (χ3v) is 5.65. The van der Waals surface area contributed by atoms with Crippen LogP contribution in [0.15, 0.2) is 60.5 Å². The second-order valence-electron chi connectivity index (χ2n) is 6.63. The van der Waals surface area contributed by atoms with Crippen molar-refractivity contribution in [2.75, 3.05) is 19.6 Å². The van der Waals surface area contributed by atoms with Crippen LogP contribution in [0.3, 0.4) is 0 Å². The molecule has 0 spiro atoms. The molecule has 136 valence electrons. The fourth-order valence-corrected chi connectivity index (χ4v) is 4.15. The van der Waals surface area contributed by atoms with E-state index < -0.39 is 0 Å². The van der Waals surface area contributed by atoms with Gasteiger partial charge in [-0.25, -0.2) is 0 Å². The molecule has 0 radical (unpaired) electrons. The zero-order valence-corrected chi connectivity index (χ0v) is 15.6. The summed E-state index contributed by atoms with van der Waals surface area (Å²) in [6, 6.07) is 14.1. The molecule has 4 nitrogen and oxygen atoms in total. The van der Waals surface area contributed by atoms with Crippen LogP contribution in [-0.4, -0.2) is 36.3 Å². The first-order valence-corrected chi connectivity index (χ1v) is 9.79. The minimum Gasteiger partial charge on any atom is -0.352 e. The number of carbonyl (C=O) groups excluding carboxylic acids is 2. The van der Waals surface area contributed by atoms with Crippen molar-refractivity contribution in [2.24, 2.45) is 5.92 Å². The molecule has 1 aliphatic rings. The van der Waals surface area contributed by atoms with Crippen molar-refractivity contribution in [2.45, 2.75) is 18.8 Å². The lowest BCUT2D eigenvalue weighted by Gasteiger charge is -2.37. The normalized spacial score (nSPS) is 19.8. The molecule has 1 aromatic carbocycles. The van der Waals surface area contributed by atoms with Gasteiger partial charge in [0.25, 0.3) is 0 Å². The summed E-state index contributed by atoms with van der Waals surface area (Å²) in [4.78, 5) is 28.3. The van der Waals surface area contributed by atoms with E-state index in [-0.39, 0.29) is 23.7 Å². The maximum atomic E-state index is 12.8. The summed E-state index contributed by atoms with van der Waals surface area (Å²) in [7, 11) is 0. The molecule has 2 aromatic rings. The molecule has 1 aromatic heterocycles. The summed E-state index contributed by atoms with van der Waals surface area (Å²) >= 11 is 1.59. The number of nitrogens with zero attached hydrogens (tertiary/aromatic N) is 1. The highest BCUT2D eigenvalue weighted by molar-refractivity contribution is 7.10. The van der Waals surface area contributed by atoms with Crippen LogP contribution in [0.2, 0.25) is 0 Å². The van der Waals surface area contributed by atoms with E-state index in [0.29, 0.717) is 26.1 Å². The molecule has 0 bridgehead atoms. The van der Waals surface area contributed by atoms with Gasteiger partial charge in [-0.3, -0.25) is 9.59 Å². The van der Waals surface area contributed by atoms with Gasteiger partial charge in [0, 0.05) is 30.4 Å². The highest BCUT2D eigenvalue weighted by Crippen LogP contribution is 2.31. The molecule has 1 fully saturated rings. The van der Waals surface area contributed by atoms with Gasteiger partial charge < -0.3 is 10.2 Å². The number of nitrogens with one attached hydrogen (secondary N) is 1. The van der Waals surface area contributed by atoms with Crippen molar-refractivity contribution < 1.29 is 9.59 Å². The summed E-state index contributed by atoms with van der Waals surface area (Å²) in [6.07, 6.45) is 2.84. The average molecular weight is 369 g/mol. The van der Waals surface area contributed by atoms with Crippen molar-refractivity contribution in [3.8, 4) is 0 Å². The molecule has 0 unspecified atom stereocenters. The van der Waals surface area contributed by atoms with E-state index in [1.54, 1.807) is 17.4 Å². The number of benzene rings is 1. The van der Waals surface area contributed by atoms with Crippen molar-refractivity contribution >= 4 is 23.2 Å². The highest BCUT2D eigenvalue weighted by Gasteiger charge is 2.34. The van der Waals surface area contributed by atoms with Crippen LogP contribution < -0.4 is 5.32 Å². The first-order chi connectivity index (χ1) is 12.7. The summed E-state index contributed by atoms with van der Waals surface area (Å²) in [5.74, 6) is 0.0759. The molecule has 2 amide bonds. The molecule has 26 heavy (non-hydrogen) atoms. The maximum absolute atomic E-state index is 12.8. The fraction of sp³-hybridized carbons (Fsp3) is 0.333. The lowest BCUT2D eigenvalue weighted by atomic mass is 9.84. The van der Waals surface area contributed by atoms with Crippen molar-refractivity contribution in [1.82, 2.24) is 10.2 Å². The molecule has 1 N–H and O–H groups in total. The number of hydrogen-bond donors (Lipinski definition) is 1. The Morgan fingerprint density at radius 3 is 2.69 bits per heavy atom. The SMILES string of the molecule is C=CCNC(=O)[C@@H]1C[C@H](c2ccccc2)CN(C(=O)Cc2cccs2)C1. The number of likely N-dealkylation sites (tertiary alicyclic amines) is 1. The standard InChI is InChI=1S/C21H24N2O2S/c1-2-10-22-21(25)18-12-17(16-7-4-3-5-8-16)14-23(15-18)20(24)13-19-9-6-11-26-19/h2-9,11,17-18H,1,10,12-15H2,(H,22,25)/t17-,18+/m0/s1. The Balaban J connectivity index is 1.75. The molecule has 1 saturated heterocycles. The van der Waals surface area contributed by atoms with Crippen molar-refractivity contribution in [1.29, 1.82) is 0 Å². The van der Waals surface area contributed by atoms with Crippen LogP contribution in [0.1, 0.15) is 22.8 Å². The monoisotopic (exact) mass is 368 g/mol. The molecular formula is C21H24N2O2S. The first-order valence-electron chi connectivity index (χ1n) is 8.91. The van der Waals surface area contributed by atoms with E-state index in [0.717, 1.165) is 11.3 Å². The Bertz CT molecular complexity index is 743. The largest absolute Gasteiger partial charge is 0.352 e. The molecule has 1 aliphatic heterocycles. The summed E-state index contributed by atoms with van der Waals surface area (Å²) < 4.78 is 0. The predicted molar refractivity (Wildman–Crippen MR) is 105 cm³/mol. The van der Waals surface area contributed by atoms with Gasteiger partial charge in [0.05, 0.1) is 12.3 Å². The zero-order valence-electron chi connectivity index (χ0n) is 14.8. The Morgan fingerprint density at radius 1 is 1.19 bits per heavy atom. The number of carbonyl (C=O) groups is 2. The van der Waals surface area contributed by atoms with Crippen molar-refractivity contribution in [3.63, 3.8) is 0 Å². The molecule has 2 heterocycles. The number of amides is 2. The lowest BCUT2D eigenvalue weighted by molar-refractivity contribution is -0.135. The third kappa shape index (κ3) is 4.61. The number of piperidine rings is 1. The summed E-state index contributed by atoms with van der Waals surface area (Å²) in [5, 5.41) is 4.87. The number of rotatable bonds is 6. The van der Waals surface area contributed by atoms with Crippen LogP contribution in [-0.2, 0) is 16.0 Å². The second kappa shape index (κ2) is 8.81. The van der Waals surface area contributed by atoms with Gasteiger partial charge in [-0.15, -0.1) is 17.9 Å². The van der Waals surface area contributed by atoms with Crippen LogP contribution in [0, 0.1) is 5.92 Å². The minimum absolute atomic E-state index is 0.000505. The summed E-state index contributed by atoms with van der Waals surface area (Å²) in [6.45, 7) is 5.25. The smallest absolute Gasteiger partial charge is 0.227 e. The number of hydrogen-bond acceptors (Lipinski definition) is 3. The summed E-state index contributed by atoms with van der Waals surface area (Å²) in [5.41, 5.74) is 1.18. The highest BCUT2D eigenvalue weighted by atomic mass is 32.1. The quantitative estimate of drug-likeness (QED) is 0.796. The van der Waals surface area contributed by atoms with Gasteiger partial charge in [0.15, 0.2) is 0 Å². The van der Waals surface area contributed by atoms with Crippen LogP contribution in [0.5, 0.6) is 0 Å². The van der Waals surface area contributed by atoms with Crippen LogP contribution >= 0.6 is 11.3 Å². The van der Waals surface area contributed by atoms with E-state index in [9.17, 15) is 9.59 Å². The van der Waals surface area contributed by atoms with Gasteiger partial charge >= 0.3 is 0 Å². The van der Waals surface area contributed by atoms with E-state index in [2.05, 4.69) is 24.0 Å². The maximum Gasteiger partial charge on any atom is 0.227 e. The fourth-order valence-electron chi connectivity index (χ4n) is 3.45. The number of thiophene rings is 1. The molecule has 3 rings (SSSR count). The van der Waals surface area contributed by atoms with Gasteiger partial charge in [0.1, 0.15) is 0 Å². The Kier molecular flexibility index (Phi) is 6.23. The van der Waals surface area contributed by atoms with E-state index in [1.807, 2.05) is 40.6 Å². The third-order valence-electron chi connectivity index (χ3n) is 4.77. The Labute approximate surface area is 158 Å². The molecule has 2 atom stereocenters. The van der Waals surface area contributed by atoms with E-state index >= 15 is 0 Å². The average Bonchev–Trinajstić information content (AvgIpc) is 3.19. The van der Waals surface area contributed by atoms with Crippen LogP contribution in [0.4, 0.5) is 0 Å². The molecule has 0 aliphatic carbocycles. The van der Waals surface area contributed by atoms with Gasteiger partial charge in [-0.2, -0.15) is 0 Å². The lowest BCUT2D eigenvalue weighted by Crippen LogP contribution is -2.48. The zero-order chi connectivity index (χ0) is 18.4.